The summed E-state index contributed by atoms with van der Waals surface area (Å²) < 4.78 is 5.33. The highest BCUT2D eigenvalue weighted by Gasteiger charge is 2.27. The van der Waals surface area contributed by atoms with Crippen LogP contribution in [0.1, 0.15) is 37.8 Å². The highest BCUT2D eigenvalue weighted by molar-refractivity contribution is 7.80. The van der Waals surface area contributed by atoms with Crippen LogP contribution >= 0.6 is 12.2 Å². The maximum atomic E-state index is 5.78. The monoisotopic (exact) mass is 363 g/mol. The molecule has 0 atom stereocenters. The number of benzene rings is 1. The first-order chi connectivity index (χ1) is 11.9. The Morgan fingerprint density at radius 1 is 1.32 bits per heavy atom. The Morgan fingerprint density at radius 3 is 2.60 bits per heavy atom. The number of nitrogens with one attached hydrogen (secondary N) is 1. The number of hydrogen-bond acceptors (Lipinski definition) is 3. The van der Waals surface area contributed by atoms with Crippen molar-refractivity contribution >= 4 is 23.0 Å². The van der Waals surface area contributed by atoms with Crippen molar-refractivity contribution in [2.45, 2.75) is 52.6 Å². The molecule has 1 heterocycles. The van der Waals surface area contributed by atoms with E-state index in [1.54, 1.807) is 7.11 Å². The van der Waals surface area contributed by atoms with Crippen molar-refractivity contribution in [1.29, 1.82) is 0 Å². The molecule has 5 heteroatoms. The molecule has 0 bridgehead atoms. The minimum Gasteiger partial charge on any atom is -0.383 e. The van der Waals surface area contributed by atoms with Gasteiger partial charge in [-0.1, -0.05) is 12.1 Å². The summed E-state index contributed by atoms with van der Waals surface area (Å²) in [5, 5.41) is 4.29. The lowest BCUT2D eigenvalue weighted by atomic mass is 10.0. The predicted octanol–water partition coefficient (Wildman–Crippen LogP) is 3.82. The fraction of sp³-hybridized carbons (Fsp3) is 0.650. The average molecular weight is 364 g/mol. The lowest BCUT2D eigenvalue weighted by molar-refractivity contribution is 0.108. The molecule has 140 valence electrons. The number of methoxy groups -OCH3 is 1. The lowest BCUT2D eigenvalue weighted by Gasteiger charge is -2.41. The largest absolute Gasteiger partial charge is 0.383 e. The van der Waals surface area contributed by atoms with Crippen LogP contribution in [0.15, 0.2) is 18.2 Å². The first kappa shape index (κ1) is 20.1. The van der Waals surface area contributed by atoms with E-state index in [0.717, 1.165) is 43.3 Å². The first-order valence-corrected chi connectivity index (χ1v) is 9.71. The van der Waals surface area contributed by atoms with E-state index in [1.807, 2.05) is 0 Å². The molecule has 1 aliphatic heterocycles. The Balaban J connectivity index is 2.06. The molecule has 1 fully saturated rings. The fourth-order valence-electron chi connectivity index (χ4n) is 3.41. The number of nitrogens with zero attached hydrogens (tertiary/aromatic N) is 2. The molecule has 0 spiro atoms. The standard InChI is InChI=1S/C20H33N3OS/c1-15(2)22-10-8-18(9-11-22)23(12-13-24-5)20(25)21-19-14-16(3)6-7-17(19)4/h6-7,14-15,18H,8-13H2,1-5H3,(H,21,25). The van der Waals surface area contributed by atoms with Crippen molar-refractivity contribution in [3.8, 4) is 0 Å². The van der Waals surface area contributed by atoms with Crippen LogP contribution in [0.5, 0.6) is 0 Å². The van der Waals surface area contributed by atoms with Crippen molar-refractivity contribution in [3.63, 3.8) is 0 Å². The molecule has 0 aromatic heterocycles. The van der Waals surface area contributed by atoms with Crippen LogP contribution in [0, 0.1) is 13.8 Å². The molecule has 1 aromatic carbocycles. The Labute approximate surface area is 158 Å². The van der Waals surface area contributed by atoms with E-state index >= 15 is 0 Å². The maximum absolute atomic E-state index is 5.78. The number of anilines is 1. The summed E-state index contributed by atoms with van der Waals surface area (Å²) in [7, 11) is 1.75. The van der Waals surface area contributed by atoms with Gasteiger partial charge in [0.25, 0.3) is 0 Å². The normalized spacial score (nSPS) is 16.2. The summed E-state index contributed by atoms with van der Waals surface area (Å²) in [6, 6.07) is 7.54. The summed E-state index contributed by atoms with van der Waals surface area (Å²) in [5.41, 5.74) is 3.56. The summed E-state index contributed by atoms with van der Waals surface area (Å²) >= 11 is 5.78. The molecule has 1 aliphatic rings. The second-order valence-corrected chi connectivity index (χ2v) is 7.68. The minimum absolute atomic E-state index is 0.482. The summed E-state index contributed by atoms with van der Waals surface area (Å²) in [5.74, 6) is 0. The maximum Gasteiger partial charge on any atom is 0.173 e. The zero-order valence-corrected chi connectivity index (χ0v) is 17.2. The summed E-state index contributed by atoms with van der Waals surface area (Å²) in [4.78, 5) is 4.88. The third-order valence-electron chi connectivity index (χ3n) is 5.10. The van der Waals surface area contributed by atoms with Crippen LogP contribution in [0.3, 0.4) is 0 Å². The fourth-order valence-corrected chi connectivity index (χ4v) is 3.76. The molecule has 0 aliphatic carbocycles. The zero-order valence-electron chi connectivity index (χ0n) is 16.3. The average Bonchev–Trinajstić information content (AvgIpc) is 2.59. The number of rotatable bonds is 6. The number of hydrogen-bond donors (Lipinski definition) is 1. The molecule has 25 heavy (non-hydrogen) atoms. The van der Waals surface area contributed by atoms with E-state index in [9.17, 15) is 0 Å². The predicted molar refractivity (Wildman–Crippen MR) is 110 cm³/mol. The number of aryl methyl sites for hydroxylation is 2. The van der Waals surface area contributed by atoms with Crippen molar-refractivity contribution in [2.24, 2.45) is 0 Å². The number of piperidine rings is 1. The van der Waals surface area contributed by atoms with Gasteiger partial charge in [0.1, 0.15) is 0 Å². The SMILES string of the molecule is COCCN(C(=S)Nc1cc(C)ccc1C)C1CCN(C(C)C)CC1. The summed E-state index contributed by atoms with van der Waals surface area (Å²) in [6.07, 6.45) is 2.30. The molecule has 0 saturated carbocycles. The minimum atomic E-state index is 0.482. The van der Waals surface area contributed by atoms with E-state index in [1.165, 1.54) is 11.1 Å². The number of likely N-dealkylation sites (tertiary alicyclic amines) is 1. The van der Waals surface area contributed by atoms with Gasteiger partial charge in [-0.2, -0.15) is 0 Å². The van der Waals surface area contributed by atoms with E-state index in [0.29, 0.717) is 18.7 Å². The van der Waals surface area contributed by atoms with Gasteiger partial charge in [0.05, 0.1) is 6.61 Å². The molecule has 4 nitrogen and oxygen atoms in total. The van der Waals surface area contributed by atoms with Crippen LogP contribution in [-0.2, 0) is 4.74 Å². The van der Waals surface area contributed by atoms with E-state index < -0.39 is 0 Å². The van der Waals surface area contributed by atoms with Gasteiger partial charge >= 0.3 is 0 Å². The zero-order chi connectivity index (χ0) is 18.4. The van der Waals surface area contributed by atoms with Gasteiger partial charge in [-0.3, -0.25) is 0 Å². The van der Waals surface area contributed by atoms with Gasteiger partial charge in [0, 0.05) is 44.5 Å². The third kappa shape index (κ3) is 5.66. The van der Waals surface area contributed by atoms with Crippen LogP contribution in [-0.4, -0.2) is 60.3 Å². The summed E-state index contributed by atoms with van der Waals surface area (Å²) in [6.45, 7) is 12.6. The molecule has 1 saturated heterocycles. The van der Waals surface area contributed by atoms with Crippen molar-refractivity contribution in [3.05, 3.63) is 29.3 Å². The quantitative estimate of drug-likeness (QED) is 0.776. The van der Waals surface area contributed by atoms with Crippen molar-refractivity contribution in [1.82, 2.24) is 9.80 Å². The molecule has 1 aromatic rings. The first-order valence-electron chi connectivity index (χ1n) is 9.30. The highest BCUT2D eigenvalue weighted by atomic mass is 32.1. The molecule has 1 N–H and O–H groups in total. The van der Waals surface area contributed by atoms with Crippen LogP contribution < -0.4 is 5.32 Å². The Kier molecular flexibility index (Phi) is 7.66. The second kappa shape index (κ2) is 9.51. The van der Waals surface area contributed by atoms with Gasteiger partial charge in [-0.05, 0) is 69.9 Å². The van der Waals surface area contributed by atoms with Crippen molar-refractivity contribution < 1.29 is 4.74 Å². The van der Waals surface area contributed by atoms with Crippen LogP contribution in [0.4, 0.5) is 5.69 Å². The Hall–Kier alpha value is -1.17. The van der Waals surface area contributed by atoms with Gasteiger partial charge in [-0.15, -0.1) is 0 Å². The van der Waals surface area contributed by atoms with Crippen LogP contribution in [0.25, 0.3) is 0 Å². The van der Waals surface area contributed by atoms with E-state index in [-0.39, 0.29) is 0 Å². The van der Waals surface area contributed by atoms with Crippen molar-refractivity contribution in [2.75, 3.05) is 38.7 Å². The molecule has 2 rings (SSSR count). The molecule has 0 amide bonds. The van der Waals surface area contributed by atoms with E-state index in [2.05, 4.69) is 61.0 Å². The van der Waals surface area contributed by atoms with Gasteiger partial charge < -0.3 is 19.9 Å². The smallest absolute Gasteiger partial charge is 0.173 e. The van der Waals surface area contributed by atoms with Gasteiger partial charge in [0.2, 0.25) is 0 Å². The highest BCUT2D eigenvalue weighted by Crippen LogP contribution is 2.21. The molecular weight excluding hydrogens is 330 g/mol. The van der Waals surface area contributed by atoms with Crippen LogP contribution in [0.2, 0.25) is 0 Å². The van der Waals surface area contributed by atoms with Gasteiger partial charge in [0.15, 0.2) is 5.11 Å². The molecule has 0 radical (unpaired) electrons. The molecular formula is C20H33N3OS. The molecule has 0 unspecified atom stereocenters. The Morgan fingerprint density at radius 2 is 2.00 bits per heavy atom. The second-order valence-electron chi connectivity index (χ2n) is 7.30. The van der Waals surface area contributed by atoms with Gasteiger partial charge in [-0.25, -0.2) is 0 Å². The third-order valence-corrected chi connectivity index (χ3v) is 5.44. The van der Waals surface area contributed by atoms with E-state index in [4.69, 9.17) is 17.0 Å². The topological polar surface area (TPSA) is 27.7 Å². The number of ether oxygens (including phenoxy) is 1. The number of thiocarbonyl (C=S) groups is 1. The lowest BCUT2D eigenvalue weighted by Crippen LogP contribution is -2.50. The Bertz CT molecular complexity index is 568.